The lowest BCUT2D eigenvalue weighted by molar-refractivity contribution is -0.140. The molecule has 10 heteroatoms. The number of ether oxygens (including phenoxy) is 2. The average molecular weight is 644 g/mol. The summed E-state index contributed by atoms with van der Waals surface area (Å²) in [4.78, 5) is 29.2. The number of nitrogens with one attached hydrogen (secondary N) is 1. The van der Waals surface area contributed by atoms with Crippen LogP contribution in [0.4, 0.5) is 5.69 Å². The Morgan fingerprint density at radius 1 is 0.804 bits per heavy atom. The fourth-order valence-corrected chi connectivity index (χ4v) is 6.30. The molecular weight excluding hydrogens is 602 g/mol. The normalized spacial score (nSPS) is 11.8. The van der Waals surface area contributed by atoms with Crippen LogP contribution in [0.15, 0.2) is 114 Å². The minimum atomic E-state index is -4.19. The molecule has 1 atom stereocenters. The van der Waals surface area contributed by atoms with Gasteiger partial charge in [0.1, 0.15) is 29.8 Å². The summed E-state index contributed by atoms with van der Waals surface area (Å²) < 4.78 is 40.5. The first kappa shape index (κ1) is 34.1. The molecule has 0 aliphatic heterocycles. The molecule has 4 aromatic carbocycles. The maximum atomic E-state index is 14.3. The van der Waals surface area contributed by atoms with Crippen LogP contribution in [0.25, 0.3) is 0 Å². The fraction of sp³-hybridized carbons (Fsp3) is 0.278. The Labute approximate surface area is 271 Å². The smallest absolute Gasteiger partial charge is 0.264 e. The molecule has 0 fully saturated rings. The highest BCUT2D eigenvalue weighted by molar-refractivity contribution is 7.92. The van der Waals surface area contributed by atoms with E-state index in [-0.39, 0.29) is 29.0 Å². The van der Waals surface area contributed by atoms with Crippen LogP contribution in [0.3, 0.4) is 0 Å². The summed E-state index contributed by atoms with van der Waals surface area (Å²) in [6.45, 7) is 5.80. The zero-order chi connectivity index (χ0) is 33.1. The van der Waals surface area contributed by atoms with E-state index in [9.17, 15) is 18.0 Å². The summed E-state index contributed by atoms with van der Waals surface area (Å²) in [5, 5.41) is 2.94. The Morgan fingerprint density at radius 3 is 2.02 bits per heavy atom. The zero-order valence-electron chi connectivity index (χ0n) is 26.6. The van der Waals surface area contributed by atoms with Crippen molar-refractivity contribution in [1.29, 1.82) is 0 Å². The molecule has 0 aliphatic carbocycles. The number of benzene rings is 4. The van der Waals surface area contributed by atoms with Crippen LogP contribution < -0.4 is 19.1 Å². The second-order valence-electron chi connectivity index (χ2n) is 11.2. The first-order chi connectivity index (χ1) is 22.1. The van der Waals surface area contributed by atoms with Gasteiger partial charge < -0.3 is 19.7 Å². The molecule has 2 amide bonds. The predicted molar refractivity (Wildman–Crippen MR) is 179 cm³/mol. The lowest BCUT2D eigenvalue weighted by Gasteiger charge is -2.33. The number of para-hydroxylation sites is 1. The minimum absolute atomic E-state index is 0.0356. The van der Waals surface area contributed by atoms with Gasteiger partial charge in [0.2, 0.25) is 11.8 Å². The van der Waals surface area contributed by atoms with Crippen LogP contribution in [0.1, 0.15) is 32.8 Å². The van der Waals surface area contributed by atoms with E-state index in [2.05, 4.69) is 5.32 Å². The molecule has 242 valence electrons. The van der Waals surface area contributed by atoms with Crippen LogP contribution in [0.2, 0.25) is 0 Å². The summed E-state index contributed by atoms with van der Waals surface area (Å²) in [5.41, 5.74) is 1.01. The zero-order valence-corrected chi connectivity index (χ0v) is 27.4. The van der Waals surface area contributed by atoms with Crippen LogP contribution in [0.5, 0.6) is 17.2 Å². The Bertz CT molecular complexity index is 1680. The molecule has 0 radical (unpaired) electrons. The largest absolute Gasteiger partial charge is 0.497 e. The number of sulfonamides is 1. The van der Waals surface area contributed by atoms with E-state index < -0.39 is 28.5 Å². The third-order valence-corrected chi connectivity index (χ3v) is 9.06. The maximum Gasteiger partial charge on any atom is 0.264 e. The molecule has 0 saturated carbocycles. The Hall–Kier alpha value is -4.83. The quantitative estimate of drug-likeness (QED) is 0.164. The molecule has 9 nitrogen and oxygen atoms in total. The molecule has 0 spiro atoms. The van der Waals surface area contributed by atoms with E-state index in [1.54, 1.807) is 61.7 Å². The van der Waals surface area contributed by atoms with Crippen LogP contribution in [-0.2, 0) is 26.2 Å². The van der Waals surface area contributed by atoms with E-state index in [1.807, 2.05) is 63.2 Å². The van der Waals surface area contributed by atoms with Crippen molar-refractivity contribution in [1.82, 2.24) is 10.2 Å². The van der Waals surface area contributed by atoms with Crippen molar-refractivity contribution in [2.75, 3.05) is 24.5 Å². The highest BCUT2D eigenvalue weighted by Crippen LogP contribution is 2.29. The average Bonchev–Trinajstić information content (AvgIpc) is 3.07. The first-order valence-corrected chi connectivity index (χ1v) is 16.7. The topological polar surface area (TPSA) is 105 Å². The van der Waals surface area contributed by atoms with Crippen molar-refractivity contribution in [2.45, 2.75) is 44.7 Å². The lowest BCUT2D eigenvalue weighted by atomic mass is 10.1. The van der Waals surface area contributed by atoms with Gasteiger partial charge in [0.05, 0.1) is 17.7 Å². The number of hydrogen-bond acceptors (Lipinski definition) is 6. The standard InChI is InChI=1S/C36H41N3O6S/c1-5-34(36(41)37-24-27(2)3)38(25-28-13-12-16-32(23-28)44-4)35(40)26-39(46(42,43)33-17-10-7-11-18-33)29-19-21-31(22-20-29)45-30-14-8-6-9-15-30/h6-23,27,34H,5,24-26H2,1-4H3,(H,37,41)/t34-/m1/s1. The molecule has 4 rings (SSSR count). The SMILES string of the molecule is CC[C@H](C(=O)NCC(C)C)N(Cc1cccc(OC)c1)C(=O)CN(c1ccc(Oc2ccccc2)cc1)S(=O)(=O)c1ccccc1. The van der Waals surface area contributed by atoms with E-state index in [0.29, 0.717) is 30.2 Å². The first-order valence-electron chi connectivity index (χ1n) is 15.2. The van der Waals surface area contributed by atoms with Gasteiger partial charge in [-0.2, -0.15) is 0 Å². The molecule has 1 N–H and O–H groups in total. The van der Waals surface area contributed by atoms with E-state index in [0.717, 1.165) is 9.87 Å². The molecule has 0 unspecified atom stereocenters. The molecule has 46 heavy (non-hydrogen) atoms. The van der Waals surface area contributed by atoms with E-state index in [4.69, 9.17) is 9.47 Å². The Kier molecular flexibility index (Phi) is 11.8. The summed E-state index contributed by atoms with van der Waals surface area (Å²) >= 11 is 0. The molecular formula is C36H41N3O6S. The molecule has 0 bridgehead atoms. The van der Waals surface area contributed by atoms with Gasteiger partial charge in [-0.25, -0.2) is 8.42 Å². The number of anilines is 1. The van der Waals surface area contributed by atoms with Crippen molar-refractivity contribution < 1.29 is 27.5 Å². The van der Waals surface area contributed by atoms with Gasteiger partial charge >= 0.3 is 0 Å². The van der Waals surface area contributed by atoms with Crippen molar-refractivity contribution >= 4 is 27.5 Å². The van der Waals surface area contributed by atoms with Gasteiger partial charge in [-0.05, 0) is 78.6 Å². The second kappa shape index (κ2) is 15.9. The van der Waals surface area contributed by atoms with E-state index in [1.165, 1.54) is 17.0 Å². The van der Waals surface area contributed by atoms with Gasteiger partial charge in [0.15, 0.2) is 0 Å². The number of carbonyl (C=O) groups excluding carboxylic acids is 2. The van der Waals surface area contributed by atoms with Gasteiger partial charge in [-0.15, -0.1) is 0 Å². The van der Waals surface area contributed by atoms with Crippen LogP contribution in [0, 0.1) is 5.92 Å². The monoisotopic (exact) mass is 643 g/mol. The number of carbonyl (C=O) groups is 2. The number of methoxy groups -OCH3 is 1. The molecule has 4 aromatic rings. The van der Waals surface area contributed by atoms with Crippen LogP contribution in [-0.4, -0.2) is 51.4 Å². The number of nitrogens with zero attached hydrogens (tertiary/aromatic N) is 2. The minimum Gasteiger partial charge on any atom is -0.497 e. The third kappa shape index (κ3) is 8.88. The summed E-state index contributed by atoms with van der Waals surface area (Å²) in [7, 11) is -2.63. The van der Waals surface area contributed by atoms with Crippen molar-refractivity contribution in [3.63, 3.8) is 0 Å². The second-order valence-corrected chi connectivity index (χ2v) is 13.0. The molecule has 0 aliphatic rings. The van der Waals surface area contributed by atoms with Gasteiger partial charge in [0, 0.05) is 13.1 Å². The fourth-order valence-electron chi connectivity index (χ4n) is 4.86. The van der Waals surface area contributed by atoms with Crippen LogP contribution >= 0.6 is 0 Å². The Morgan fingerprint density at radius 2 is 1.41 bits per heavy atom. The highest BCUT2D eigenvalue weighted by Gasteiger charge is 2.33. The number of rotatable bonds is 15. The van der Waals surface area contributed by atoms with Crippen molar-refractivity contribution in [3.8, 4) is 17.2 Å². The number of hydrogen-bond donors (Lipinski definition) is 1. The molecule has 0 saturated heterocycles. The third-order valence-electron chi connectivity index (χ3n) is 7.27. The lowest BCUT2D eigenvalue weighted by Crippen LogP contribution is -2.52. The highest BCUT2D eigenvalue weighted by atomic mass is 32.2. The Balaban J connectivity index is 1.71. The van der Waals surface area contributed by atoms with E-state index >= 15 is 0 Å². The van der Waals surface area contributed by atoms with Crippen molar-refractivity contribution in [2.24, 2.45) is 5.92 Å². The predicted octanol–water partition coefficient (Wildman–Crippen LogP) is 6.26. The molecule has 0 heterocycles. The summed E-state index contributed by atoms with van der Waals surface area (Å²) in [6, 6.07) is 30.1. The maximum absolute atomic E-state index is 14.3. The van der Waals surface area contributed by atoms with Crippen molar-refractivity contribution in [3.05, 3.63) is 115 Å². The van der Waals surface area contributed by atoms with Gasteiger partial charge in [-0.3, -0.25) is 13.9 Å². The number of amides is 2. The summed E-state index contributed by atoms with van der Waals surface area (Å²) in [5.74, 6) is 1.13. The van der Waals surface area contributed by atoms with Gasteiger partial charge in [0.25, 0.3) is 10.0 Å². The molecule has 0 aromatic heterocycles. The van der Waals surface area contributed by atoms with Gasteiger partial charge in [-0.1, -0.05) is 69.3 Å². The summed E-state index contributed by atoms with van der Waals surface area (Å²) in [6.07, 6.45) is 0.330.